The van der Waals surface area contributed by atoms with Gasteiger partial charge in [0, 0.05) is 23.3 Å². The molecule has 0 spiro atoms. The topological polar surface area (TPSA) is 22.1 Å². The normalized spacial score (nSPS) is 12.3. The molecule has 0 aliphatic heterocycles. The van der Waals surface area contributed by atoms with Gasteiger partial charge in [-0.2, -0.15) is 22.0 Å². The Labute approximate surface area is 228 Å². The second-order valence-corrected chi connectivity index (χ2v) is 9.91. The van der Waals surface area contributed by atoms with Gasteiger partial charge in [-0.1, -0.05) is 18.2 Å². The van der Waals surface area contributed by atoms with Crippen LogP contribution in [0, 0.1) is 36.0 Å². The molecule has 0 bridgehead atoms. The summed E-state index contributed by atoms with van der Waals surface area (Å²) in [6.07, 6.45) is -10.4. The molecular weight excluding hydrogens is 588 g/mol. The first-order valence-electron chi connectivity index (χ1n) is 11.4. The zero-order valence-corrected chi connectivity index (χ0v) is 21.1. The van der Waals surface area contributed by atoms with E-state index in [9.17, 15) is 43.9 Å². The summed E-state index contributed by atoms with van der Waals surface area (Å²) in [4.78, 5) is 4.24. The Morgan fingerprint density at radius 3 is 1.85 bits per heavy atom. The van der Waals surface area contributed by atoms with Gasteiger partial charge in [0.15, 0.2) is 0 Å². The predicted octanol–water partition coefficient (Wildman–Crippen LogP) is 9.78. The molecule has 5 rings (SSSR count). The largest absolute Gasteiger partial charge is 0.432 e. The van der Waals surface area contributed by atoms with Crippen LogP contribution in [0.5, 0.6) is 5.75 Å². The molecule has 0 amide bonds. The summed E-state index contributed by atoms with van der Waals surface area (Å²) < 4.78 is 144. The van der Waals surface area contributed by atoms with E-state index in [0.717, 1.165) is 16.9 Å². The quantitative estimate of drug-likeness (QED) is 0.187. The molecule has 212 valence electrons. The zero-order valence-electron chi connectivity index (χ0n) is 20.3. The number of nitrogens with zero attached hydrogens (tertiary/aromatic N) is 1. The number of rotatable bonds is 5. The summed E-state index contributed by atoms with van der Waals surface area (Å²) in [7, 11) is 0. The van der Waals surface area contributed by atoms with E-state index in [1.807, 2.05) is 0 Å². The Bertz CT molecular complexity index is 1770. The lowest BCUT2D eigenvalue weighted by Crippen LogP contribution is -2.25. The number of benzene rings is 4. The van der Waals surface area contributed by atoms with E-state index in [0.29, 0.717) is 33.5 Å². The molecule has 0 saturated carbocycles. The molecule has 5 aromatic rings. The summed E-state index contributed by atoms with van der Waals surface area (Å²) >= 11 is 0.947. The second kappa shape index (κ2) is 10.1. The van der Waals surface area contributed by atoms with Gasteiger partial charge in [0.25, 0.3) is 0 Å². The lowest BCUT2D eigenvalue weighted by Gasteiger charge is -2.20. The van der Waals surface area contributed by atoms with Crippen molar-refractivity contribution in [3.8, 4) is 27.4 Å². The number of thiazole rings is 1. The molecule has 41 heavy (non-hydrogen) atoms. The van der Waals surface area contributed by atoms with Gasteiger partial charge in [0.1, 0.15) is 51.0 Å². The lowest BCUT2D eigenvalue weighted by molar-refractivity contribution is -0.189. The number of halogens is 10. The van der Waals surface area contributed by atoms with Crippen LogP contribution in [0.25, 0.3) is 31.9 Å². The highest BCUT2D eigenvalue weighted by Crippen LogP contribution is 2.41. The summed E-state index contributed by atoms with van der Waals surface area (Å²) in [5, 5.41) is 0.0296. The third-order valence-corrected chi connectivity index (χ3v) is 7.02. The number of aromatic nitrogens is 1. The number of aryl methyl sites for hydroxylation is 1. The molecule has 0 radical (unpaired) electrons. The smallest absolute Gasteiger partial charge is 0.429 e. The fourth-order valence-corrected chi connectivity index (χ4v) is 5.12. The lowest BCUT2D eigenvalue weighted by atomic mass is 10.0. The van der Waals surface area contributed by atoms with Crippen LogP contribution in [0.3, 0.4) is 0 Å². The fourth-order valence-electron chi connectivity index (χ4n) is 4.12. The van der Waals surface area contributed by atoms with Crippen molar-refractivity contribution >= 4 is 21.6 Å². The van der Waals surface area contributed by atoms with Crippen molar-refractivity contribution in [1.29, 1.82) is 0 Å². The van der Waals surface area contributed by atoms with E-state index >= 15 is 0 Å². The van der Waals surface area contributed by atoms with Crippen LogP contribution in [-0.4, -0.2) is 4.98 Å². The van der Waals surface area contributed by atoms with E-state index in [1.54, 1.807) is 37.3 Å². The molecular formula is C28H13F10NOS. The molecule has 1 heterocycles. The van der Waals surface area contributed by atoms with E-state index in [2.05, 4.69) is 9.72 Å². The summed E-state index contributed by atoms with van der Waals surface area (Å²) in [5.74, 6) is -10.1. The first-order valence-corrected chi connectivity index (χ1v) is 12.3. The maximum Gasteiger partial charge on any atom is 0.432 e. The number of hydrogen-bond donors (Lipinski definition) is 0. The van der Waals surface area contributed by atoms with Gasteiger partial charge in [-0.25, -0.2) is 26.9 Å². The molecule has 4 aromatic carbocycles. The number of ether oxygens (including phenoxy) is 1. The van der Waals surface area contributed by atoms with Gasteiger partial charge in [0.2, 0.25) is 0 Å². The highest BCUT2D eigenvalue weighted by atomic mass is 32.1. The molecule has 1 aromatic heterocycles. The zero-order chi connectivity index (χ0) is 29.9. The summed E-state index contributed by atoms with van der Waals surface area (Å²) in [6.45, 7) is 1.73. The fraction of sp³-hybridized carbons (Fsp3) is 0.107. The Balaban J connectivity index is 1.47. The van der Waals surface area contributed by atoms with Crippen molar-refractivity contribution in [3.05, 3.63) is 106 Å². The molecule has 0 aliphatic rings. The van der Waals surface area contributed by atoms with Crippen LogP contribution in [0.15, 0.2) is 60.7 Å². The molecule has 13 heteroatoms. The predicted molar refractivity (Wildman–Crippen MR) is 131 cm³/mol. The molecule has 0 fully saturated rings. The summed E-state index contributed by atoms with van der Waals surface area (Å²) in [6, 6.07) is 10.1. The van der Waals surface area contributed by atoms with Crippen LogP contribution in [0.4, 0.5) is 43.9 Å². The Hall–Kier alpha value is -4.13. The van der Waals surface area contributed by atoms with E-state index < -0.39 is 58.2 Å². The second-order valence-electron chi connectivity index (χ2n) is 8.88. The maximum absolute atomic E-state index is 14.8. The minimum atomic E-state index is -5.47. The van der Waals surface area contributed by atoms with Gasteiger partial charge in [-0.15, -0.1) is 11.3 Å². The van der Waals surface area contributed by atoms with Crippen molar-refractivity contribution in [2.75, 3.05) is 0 Å². The van der Waals surface area contributed by atoms with Crippen LogP contribution in [-0.2, 0) is 12.3 Å². The highest BCUT2D eigenvalue weighted by molar-refractivity contribution is 7.21. The number of fused-ring (bicyclic) bond motifs is 1. The molecule has 0 atom stereocenters. The average molecular weight is 601 g/mol. The average Bonchev–Trinajstić information content (AvgIpc) is 3.25. The molecule has 0 N–H and O–H groups in total. The van der Waals surface area contributed by atoms with Crippen LogP contribution < -0.4 is 4.74 Å². The highest BCUT2D eigenvalue weighted by Gasteiger charge is 2.43. The molecule has 0 saturated heterocycles. The van der Waals surface area contributed by atoms with Gasteiger partial charge in [-0.05, 0) is 48.4 Å². The van der Waals surface area contributed by atoms with Crippen LogP contribution >= 0.6 is 11.3 Å². The Kier molecular flexibility index (Phi) is 6.96. The first-order chi connectivity index (χ1) is 19.1. The molecule has 0 aliphatic carbocycles. The standard InChI is InChI=1S/C28H13F10NOS/c1-12-2-4-16(17(29)6-12)13-3-5-22-23(9-13)41-26(39-22)14-7-18(30)25(19(31)8-14)28(37,38)40-15-10-20(32)24(21(33)11-15)27(34,35)36/h2-11H,1H3. The minimum Gasteiger partial charge on any atom is -0.429 e. The van der Waals surface area contributed by atoms with E-state index in [-0.39, 0.29) is 22.7 Å². The van der Waals surface area contributed by atoms with Gasteiger partial charge < -0.3 is 4.74 Å². The van der Waals surface area contributed by atoms with Gasteiger partial charge in [-0.3, -0.25) is 0 Å². The molecule has 2 nitrogen and oxygen atoms in total. The number of hydrogen-bond acceptors (Lipinski definition) is 3. The van der Waals surface area contributed by atoms with E-state index in [1.165, 1.54) is 6.07 Å². The molecule has 0 unspecified atom stereocenters. The van der Waals surface area contributed by atoms with Gasteiger partial charge >= 0.3 is 12.3 Å². The Morgan fingerprint density at radius 1 is 0.659 bits per heavy atom. The third-order valence-electron chi connectivity index (χ3n) is 5.95. The first kappa shape index (κ1) is 28.4. The van der Waals surface area contributed by atoms with Crippen LogP contribution in [0.1, 0.15) is 16.7 Å². The van der Waals surface area contributed by atoms with Gasteiger partial charge in [0.05, 0.1) is 10.2 Å². The van der Waals surface area contributed by atoms with Crippen molar-refractivity contribution in [1.82, 2.24) is 4.98 Å². The number of alkyl halides is 5. The van der Waals surface area contributed by atoms with Crippen molar-refractivity contribution in [3.63, 3.8) is 0 Å². The van der Waals surface area contributed by atoms with Crippen molar-refractivity contribution < 1.29 is 48.6 Å². The van der Waals surface area contributed by atoms with Crippen molar-refractivity contribution in [2.45, 2.75) is 19.2 Å². The van der Waals surface area contributed by atoms with E-state index in [4.69, 9.17) is 0 Å². The minimum absolute atomic E-state index is 0.0296. The third kappa shape index (κ3) is 5.45. The van der Waals surface area contributed by atoms with Crippen molar-refractivity contribution in [2.24, 2.45) is 0 Å². The van der Waals surface area contributed by atoms with Crippen LogP contribution in [0.2, 0.25) is 0 Å². The monoisotopic (exact) mass is 601 g/mol. The maximum atomic E-state index is 14.8. The summed E-state index contributed by atoms with van der Waals surface area (Å²) in [5.41, 5.74) is -2.62. The Morgan fingerprint density at radius 2 is 1.27 bits per heavy atom. The SMILES string of the molecule is Cc1ccc(-c2ccc3nc(-c4cc(F)c(C(F)(F)Oc5cc(F)c(C(F)(F)F)c(F)c5)c(F)c4)sc3c2)c(F)c1.